The van der Waals surface area contributed by atoms with Gasteiger partial charge in [0.05, 0.1) is 17.0 Å². The van der Waals surface area contributed by atoms with Crippen LogP contribution in [0.3, 0.4) is 0 Å². The van der Waals surface area contributed by atoms with Gasteiger partial charge in [0.15, 0.2) is 0 Å². The molecule has 3 saturated heterocycles. The minimum Gasteiger partial charge on any atom is -0.341 e. The first-order chi connectivity index (χ1) is 17.2. The molecular weight excluding hydrogens is 452 g/mol. The molecule has 1 unspecified atom stereocenters. The lowest BCUT2D eigenvalue weighted by Gasteiger charge is -2.56. The Morgan fingerprint density at radius 3 is 2.14 bits per heavy atom. The van der Waals surface area contributed by atoms with Crippen LogP contribution in [0.5, 0.6) is 0 Å². The number of amides is 3. The fourth-order valence-corrected chi connectivity index (χ4v) is 7.02. The first kappa shape index (κ1) is 26.8. The van der Waals surface area contributed by atoms with E-state index >= 15 is 0 Å². The van der Waals surface area contributed by atoms with E-state index in [-0.39, 0.29) is 17.5 Å². The second kappa shape index (κ2) is 11.0. The van der Waals surface area contributed by atoms with Gasteiger partial charge in [-0.3, -0.25) is 9.69 Å². The van der Waals surface area contributed by atoms with Crippen LogP contribution in [0.15, 0.2) is 6.33 Å². The molecule has 8 nitrogen and oxygen atoms in total. The number of carbonyl (C=O) groups is 2. The van der Waals surface area contributed by atoms with E-state index in [1.54, 1.807) is 7.05 Å². The number of piperidine rings is 3. The van der Waals surface area contributed by atoms with Gasteiger partial charge in [-0.1, -0.05) is 19.8 Å². The van der Waals surface area contributed by atoms with Gasteiger partial charge in [-0.25, -0.2) is 14.8 Å². The summed E-state index contributed by atoms with van der Waals surface area (Å²) in [7, 11) is 1.74. The number of nitrogens with zero attached hydrogens (tertiary/aromatic N) is 5. The van der Waals surface area contributed by atoms with Gasteiger partial charge in [-0.15, -0.1) is 0 Å². The average molecular weight is 499 g/mol. The Labute approximate surface area is 217 Å². The van der Waals surface area contributed by atoms with Gasteiger partial charge in [-0.2, -0.15) is 0 Å². The van der Waals surface area contributed by atoms with Gasteiger partial charge in [0, 0.05) is 38.8 Å². The molecule has 36 heavy (non-hydrogen) atoms. The standard InChI is InChI=1S/C28H46N6O2/c1-6-7-8-23-19-33(26(36)29-5)16-11-28(23)12-17-34(18-13-28)27(4)9-14-32(15-10-27)25(35)24-21(2)30-20-31-22(24)3/h20,23H,6-19H2,1-5H3,(H,29,36). The maximum Gasteiger partial charge on any atom is 0.317 e. The Bertz CT molecular complexity index is 914. The summed E-state index contributed by atoms with van der Waals surface area (Å²) in [6, 6.07) is 0.0741. The molecule has 1 spiro atoms. The number of nitrogens with one attached hydrogen (secondary N) is 1. The first-order valence-corrected chi connectivity index (χ1v) is 14.0. The van der Waals surface area contributed by atoms with Crippen LogP contribution in [0, 0.1) is 25.2 Å². The number of urea groups is 1. The topological polar surface area (TPSA) is 81.7 Å². The van der Waals surface area contributed by atoms with Crippen molar-refractivity contribution in [3.8, 4) is 0 Å². The number of aryl methyl sites for hydroxylation is 2. The summed E-state index contributed by atoms with van der Waals surface area (Å²) in [5.41, 5.74) is 2.70. The SMILES string of the molecule is CCCCC1CN(C(=O)NC)CCC12CCN(C1(C)CCN(C(=O)c3c(C)ncnc3C)CC1)CC2. The van der Waals surface area contributed by atoms with Gasteiger partial charge in [0.1, 0.15) is 6.33 Å². The van der Waals surface area contributed by atoms with Crippen molar-refractivity contribution in [3.63, 3.8) is 0 Å². The molecule has 0 aliphatic carbocycles. The molecule has 1 atom stereocenters. The number of carbonyl (C=O) groups excluding carboxylic acids is 2. The van der Waals surface area contributed by atoms with Crippen molar-refractivity contribution in [2.45, 2.75) is 84.6 Å². The summed E-state index contributed by atoms with van der Waals surface area (Å²) in [5.74, 6) is 0.671. The van der Waals surface area contributed by atoms with Crippen LogP contribution in [0.1, 0.15) is 87.0 Å². The van der Waals surface area contributed by atoms with E-state index in [4.69, 9.17) is 0 Å². The number of hydrogen-bond acceptors (Lipinski definition) is 5. The Morgan fingerprint density at radius 2 is 1.56 bits per heavy atom. The van der Waals surface area contributed by atoms with E-state index in [2.05, 4.69) is 34.0 Å². The van der Waals surface area contributed by atoms with E-state index in [0.717, 1.165) is 69.9 Å². The molecular formula is C28H46N6O2. The van der Waals surface area contributed by atoms with E-state index in [1.807, 2.05) is 23.6 Å². The van der Waals surface area contributed by atoms with Crippen LogP contribution >= 0.6 is 0 Å². The Hall–Kier alpha value is -2.22. The van der Waals surface area contributed by atoms with E-state index in [9.17, 15) is 9.59 Å². The van der Waals surface area contributed by atoms with Gasteiger partial charge >= 0.3 is 6.03 Å². The number of aromatic nitrogens is 2. The summed E-state index contributed by atoms with van der Waals surface area (Å²) in [5, 5.41) is 2.83. The van der Waals surface area contributed by atoms with E-state index in [0.29, 0.717) is 16.9 Å². The van der Waals surface area contributed by atoms with Crippen molar-refractivity contribution in [2.75, 3.05) is 46.3 Å². The summed E-state index contributed by atoms with van der Waals surface area (Å²) in [6.45, 7) is 14.0. The average Bonchev–Trinajstić information content (AvgIpc) is 2.88. The molecule has 1 aromatic heterocycles. The minimum atomic E-state index is 0.0741. The molecule has 8 heteroatoms. The van der Waals surface area contributed by atoms with Crippen LogP contribution in [0.4, 0.5) is 4.79 Å². The number of rotatable bonds is 5. The van der Waals surface area contributed by atoms with Gasteiger partial charge in [0.2, 0.25) is 0 Å². The lowest BCUT2D eigenvalue weighted by atomic mass is 9.62. The lowest BCUT2D eigenvalue weighted by Crippen LogP contribution is -2.60. The highest BCUT2D eigenvalue weighted by Crippen LogP contribution is 2.48. The molecule has 0 radical (unpaired) electrons. The Balaban J connectivity index is 1.37. The second-order valence-corrected chi connectivity index (χ2v) is 11.6. The van der Waals surface area contributed by atoms with Crippen molar-refractivity contribution in [1.82, 2.24) is 30.0 Å². The first-order valence-electron chi connectivity index (χ1n) is 14.0. The molecule has 0 bridgehead atoms. The molecule has 3 amide bonds. The molecule has 1 aromatic rings. The van der Waals surface area contributed by atoms with Crippen molar-refractivity contribution in [2.24, 2.45) is 11.3 Å². The van der Waals surface area contributed by atoms with Crippen molar-refractivity contribution < 1.29 is 9.59 Å². The van der Waals surface area contributed by atoms with Gasteiger partial charge in [-0.05, 0) is 83.7 Å². The zero-order valence-corrected chi connectivity index (χ0v) is 23.1. The lowest BCUT2D eigenvalue weighted by molar-refractivity contribution is -0.0524. The predicted molar refractivity (Wildman–Crippen MR) is 142 cm³/mol. The summed E-state index contributed by atoms with van der Waals surface area (Å²) < 4.78 is 0. The summed E-state index contributed by atoms with van der Waals surface area (Å²) >= 11 is 0. The number of unbranched alkanes of at least 4 members (excludes halogenated alkanes) is 1. The van der Waals surface area contributed by atoms with E-state index < -0.39 is 0 Å². The molecule has 200 valence electrons. The number of hydrogen-bond donors (Lipinski definition) is 1. The second-order valence-electron chi connectivity index (χ2n) is 11.6. The van der Waals surface area contributed by atoms with Crippen molar-refractivity contribution in [3.05, 3.63) is 23.3 Å². The fourth-order valence-electron chi connectivity index (χ4n) is 7.02. The van der Waals surface area contributed by atoms with Crippen LogP contribution in [-0.2, 0) is 0 Å². The van der Waals surface area contributed by atoms with Crippen LogP contribution in [0.2, 0.25) is 0 Å². The maximum atomic E-state index is 13.2. The summed E-state index contributed by atoms with van der Waals surface area (Å²) in [6.07, 6.45) is 10.8. The molecule has 0 saturated carbocycles. The quantitative estimate of drug-likeness (QED) is 0.663. The van der Waals surface area contributed by atoms with Crippen LogP contribution in [-0.4, -0.2) is 88.5 Å². The number of likely N-dealkylation sites (tertiary alicyclic amines) is 3. The Morgan fingerprint density at radius 1 is 0.972 bits per heavy atom. The largest absolute Gasteiger partial charge is 0.341 e. The third-order valence-electron chi connectivity index (χ3n) is 9.68. The predicted octanol–water partition coefficient (Wildman–Crippen LogP) is 4.02. The van der Waals surface area contributed by atoms with Gasteiger partial charge < -0.3 is 15.1 Å². The van der Waals surface area contributed by atoms with Gasteiger partial charge in [0.25, 0.3) is 5.91 Å². The maximum absolute atomic E-state index is 13.2. The van der Waals surface area contributed by atoms with E-state index in [1.165, 1.54) is 38.4 Å². The molecule has 0 aromatic carbocycles. The Kier molecular flexibility index (Phi) is 8.22. The molecule has 3 aliphatic heterocycles. The van der Waals surface area contributed by atoms with Crippen LogP contribution in [0.25, 0.3) is 0 Å². The highest BCUT2D eigenvalue weighted by atomic mass is 16.2. The molecule has 4 heterocycles. The normalized spacial score (nSPS) is 24.1. The molecule has 3 fully saturated rings. The van der Waals surface area contributed by atoms with Crippen molar-refractivity contribution >= 4 is 11.9 Å². The fraction of sp³-hybridized carbons (Fsp3) is 0.786. The summed E-state index contributed by atoms with van der Waals surface area (Å²) in [4.78, 5) is 40.8. The smallest absolute Gasteiger partial charge is 0.317 e. The zero-order chi connectivity index (χ0) is 25.9. The van der Waals surface area contributed by atoms with Crippen LogP contribution < -0.4 is 5.32 Å². The van der Waals surface area contributed by atoms with Crippen molar-refractivity contribution in [1.29, 1.82) is 0 Å². The minimum absolute atomic E-state index is 0.0741. The molecule has 1 N–H and O–H groups in total. The molecule has 3 aliphatic rings. The zero-order valence-electron chi connectivity index (χ0n) is 23.1. The molecule has 4 rings (SSSR count). The highest BCUT2D eigenvalue weighted by molar-refractivity contribution is 5.96. The highest BCUT2D eigenvalue weighted by Gasteiger charge is 2.48. The third-order valence-corrected chi connectivity index (χ3v) is 9.68. The monoisotopic (exact) mass is 498 g/mol. The third kappa shape index (κ3) is 5.24.